The van der Waals surface area contributed by atoms with E-state index in [2.05, 4.69) is 0 Å². The summed E-state index contributed by atoms with van der Waals surface area (Å²) in [6.07, 6.45) is 0.0705. The maximum atomic E-state index is 11.6. The van der Waals surface area contributed by atoms with E-state index in [1.807, 2.05) is 41.5 Å². The third-order valence-corrected chi connectivity index (χ3v) is 2.92. The van der Waals surface area contributed by atoms with Crippen LogP contribution < -0.4 is 0 Å². The molecule has 96 valence electrons. The van der Waals surface area contributed by atoms with Crippen molar-refractivity contribution in [3.63, 3.8) is 0 Å². The Morgan fingerprint density at radius 1 is 1.19 bits per heavy atom. The van der Waals surface area contributed by atoms with E-state index in [1.165, 1.54) is 0 Å². The number of hydrogen-bond donors (Lipinski definition) is 1. The third-order valence-electron chi connectivity index (χ3n) is 2.92. The Kier molecular flexibility index (Phi) is 6.65. The highest BCUT2D eigenvalue weighted by Gasteiger charge is 2.29. The highest BCUT2D eigenvalue weighted by atomic mass is 16.5. The molecule has 0 aromatic heterocycles. The van der Waals surface area contributed by atoms with Gasteiger partial charge in [-0.25, -0.2) is 0 Å². The van der Waals surface area contributed by atoms with Gasteiger partial charge >= 0.3 is 5.97 Å². The van der Waals surface area contributed by atoms with Gasteiger partial charge in [0.25, 0.3) is 0 Å². The van der Waals surface area contributed by atoms with Crippen molar-refractivity contribution < 1.29 is 14.6 Å². The lowest BCUT2D eigenvalue weighted by Crippen LogP contribution is -2.37. The molecule has 0 aromatic carbocycles. The molecular formula is C13H26O3. The molecule has 1 N–H and O–H groups in total. The van der Waals surface area contributed by atoms with Crippen molar-refractivity contribution in [2.24, 2.45) is 17.8 Å². The Hall–Kier alpha value is -0.570. The smallest absolute Gasteiger partial charge is 0.308 e. The number of carbonyl (C=O) groups is 1. The quantitative estimate of drug-likeness (QED) is 0.713. The second-order valence-corrected chi connectivity index (χ2v) is 5.13. The van der Waals surface area contributed by atoms with Crippen LogP contribution in [0.3, 0.4) is 0 Å². The fraction of sp³-hybridized carbons (Fsp3) is 0.923. The molecule has 3 heteroatoms. The van der Waals surface area contributed by atoms with Crippen LogP contribution in [0, 0.1) is 17.8 Å². The fourth-order valence-electron chi connectivity index (χ4n) is 1.71. The van der Waals surface area contributed by atoms with E-state index in [-0.39, 0.29) is 29.8 Å². The van der Waals surface area contributed by atoms with Gasteiger partial charge in [0.05, 0.1) is 12.0 Å². The van der Waals surface area contributed by atoms with E-state index in [0.717, 1.165) is 0 Å². The summed E-state index contributed by atoms with van der Waals surface area (Å²) in [4.78, 5) is 11.6. The van der Waals surface area contributed by atoms with Gasteiger partial charge in [-0.2, -0.15) is 0 Å². The van der Waals surface area contributed by atoms with Crippen molar-refractivity contribution >= 4 is 5.97 Å². The van der Waals surface area contributed by atoms with Gasteiger partial charge in [0.1, 0.15) is 6.10 Å². The van der Waals surface area contributed by atoms with Crippen LogP contribution in [0.5, 0.6) is 0 Å². The lowest BCUT2D eigenvalue weighted by Gasteiger charge is -2.30. The van der Waals surface area contributed by atoms with E-state index in [1.54, 1.807) is 0 Å². The maximum absolute atomic E-state index is 11.6. The van der Waals surface area contributed by atoms with E-state index < -0.39 is 6.10 Å². The lowest BCUT2D eigenvalue weighted by atomic mass is 9.89. The number of esters is 1. The van der Waals surface area contributed by atoms with Gasteiger partial charge in [0.2, 0.25) is 0 Å². The topological polar surface area (TPSA) is 46.5 Å². The van der Waals surface area contributed by atoms with Crippen molar-refractivity contribution in [2.45, 2.75) is 60.2 Å². The van der Waals surface area contributed by atoms with E-state index in [4.69, 9.17) is 4.74 Å². The molecular weight excluding hydrogens is 204 g/mol. The van der Waals surface area contributed by atoms with Crippen LogP contribution in [0.4, 0.5) is 0 Å². The van der Waals surface area contributed by atoms with E-state index in [0.29, 0.717) is 6.42 Å². The molecule has 0 amide bonds. The number of rotatable bonds is 6. The van der Waals surface area contributed by atoms with Crippen LogP contribution in [0.15, 0.2) is 0 Å². The summed E-state index contributed by atoms with van der Waals surface area (Å²) in [6, 6.07) is 0. The maximum Gasteiger partial charge on any atom is 0.308 e. The summed E-state index contributed by atoms with van der Waals surface area (Å²) in [5.74, 6) is -0.104. The molecule has 16 heavy (non-hydrogen) atoms. The summed E-state index contributed by atoms with van der Waals surface area (Å²) >= 11 is 0. The number of hydrogen-bond acceptors (Lipinski definition) is 3. The molecule has 0 saturated carbocycles. The Morgan fingerprint density at radius 3 is 2.00 bits per heavy atom. The van der Waals surface area contributed by atoms with Crippen molar-refractivity contribution in [1.29, 1.82) is 0 Å². The Bertz CT molecular complexity index is 211. The lowest BCUT2D eigenvalue weighted by molar-refractivity contribution is -0.161. The Labute approximate surface area is 99.2 Å². The summed E-state index contributed by atoms with van der Waals surface area (Å²) < 4.78 is 5.46. The molecule has 3 atom stereocenters. The predicted octanol–water partition coefficient (Wildman–Crippen LogP) is 2.62. The van der Waals surface area contributed by atoms with Crippen LogP contribution >= 0.6 is 0 Å². The van der Waals surface area contributed by atoms with Crippen LogP contribution in [0.25, 0.3) is 0 Å². The van der Waals surface area contributed by atoms with Gasteiger partial charge in [-0.05, 0) is 12.3 Å². The van der Waals surface area contributed by atoms with Crippen LogP contribution in [0.2, 0.25) is 0 Å². The van der Waals surface area contributed by atoms with Crippen molar-refractivity contribution in [3.8, 4) is 0 Å². The number of aliphatic hydroxyl groups excluding tert-OH is 1. The largest absolute Gasteiger partial charge is 0.462 e. The van der Waals surface area contributed by atoms with Crippen molar-refractivity contribution in [3.05, 3.63) is 0 Å². The second-order valence-electron chi connectivity index (χ2n) is 5.13. The first-order valence-electron chi connectivity index (χ1n) is 6.19. The SMILES string of the molecule is CC[C@H](O)[C@H](C)[C@H](OC(=O)C(C)C)C(C)C. The highest BCUT2D eigenvalue weighted by molar-refractivity contribution is 5.71. The standard InChI is InChI=1S/C13H26O3/c1-7-11(14)10(6)12(8(2)3)16-13(15)9(4)5/h8-12,14H,7H2,1-6H3/t10-,11-,12+/m0/s1. The predicted molar refractivity (Wildman–Crippen MR) is 65.0 cm³/mol. The molecule has 0 bridgehead atoms. The minimum absolute atomic E-state index is 0.0206. The zero-order chi connectivity index (χ0) is 12.9. The highest BCUT2D eigenvalue weighted by Crippen LogP contribution is 2.22. The normalized spacial score (nSPS) is 17.3. The monoisotopic (exact) mass is 230 g/mol. The molecule has 0 aromatic rings. The summed E-state index contributed by atoms with van der Waals surface area (Å²) in [6.45, 7) is 11.5. The average Bonchev–Trinajstić information content (AvgIpc) is 2.22. The van der Waals surface area contributed by atoms with E-state index >= 15 is 0 Å². The third kappa shape index (κ3) is 4.52. The summed E-state index contributed by atoms with van der Waals surface area (Å²) in [5.41, 5.74) is 0. The molecule has 0 radical (unpaired) electrons. The molecule has 0 fully saturated rings. The van der Waals surface area contributed by atoms with Gasteiger partial charge in [-0.15, -0.1) is 0 Å². The minimum Gasteiger partial charge on any atom is -0.462 e. The number of aliphatic hydroxyl groups is 1. The molecule has 0 unspecified atom stereocenters. The molecule has 0 heterocycles. The van der Waals surface area contributed by atoms with Gasteiger partial charge < -0.3 is 9.84 Å². The fourth-order valence-corrected chi connectivity index (χ4v) is 1.71. The van der Waals surface area contributed by atoms with Gasteiger partial charge in [-0.1, -0.05) is 41.5 Å². The molecule has 0 saturated heterocycles. The second kappa shape index (κ2) is 6.89. The first-order chi connectivity index (χ1) is 7.31. The molecule has 0 spiro atoms. The average molecular weight is 230 g/mol. The molecule has 0 aliphatic heterocycles. The molecule has 0 aliphatic rings. The number of carbonyl (C=O) groups excluding carboxylic acids is 1. The van der Waals surface area contributed by atoms with Crippen molar-refractivity contribution in [2.75, 3.05) is 0 Å². The summed E-state index contributed by atoms with van der Waals surface area (Å²) in [7, 11) is 0. The van der Waals surface area contributed by atoms with Crippen LogP contribution in [0.1, 0.15) is 48.0 Å². The summed E-state index contributed by atoms with van der Waals surface area (Å²) in [5, 5.41) is 9.81. The van der Waals surface area contributed by atoms with Crippen LogP contribution in [-0.4, -0.2) is 23.3 Å². The van der Waals surface area contributed by atoms with Gasteiger partial charge in [0.15, 0.2) is 0 Å². The Morgan fingerprint density at radius 2 is 1.69 bits per heavy atom. The van der Waals surface area contributed by atoms with Crippen molar-refractivity contribution in [1.82, 2.24) is 0 Å². The van der Waals surface area contributed by atoms with E-state index in [9.17, 15) is 9.90 Å². The zero-order valence-electron chi connectivity index (χ0n) is 11.4. The van der Waals surface area contributed by atoms with Gasteiger partial charge in [-0.3, -0.25) is 4.79 Å². The first kappa shape index (κ1) is 15.4. The first-order valence-corrected chi connectivity index (χ1v) is 6.19. The molecule has 0 rings (SSSR count). The zero-order valence-corrected chi connectivity index (χ0v) is 11.4. The minimum atomic E-state index is -0.410. The van der Waals surface area contributed by atoms with Gasteiger partial charge in [0, 0.05) is 5.92 Å². The number of ether oxygens (including phenoxy) is 1. The van der Waals surface area contributed by atoms with Crippen LogP contribution in [-0.2, 0) is 9.53 Å². The Balaban J connectivity index is 4.55. The molecule has 0 aliphatic carbocycles. The molecule has 3 nitrogen and oxygen atoms in total.